The van der Waals surface area contributed by atoms with Gasteiger partial charge < -0.3 is 4.74 Å². The highest BCUT2D eigenvalue weighted by molar-refractivity contribution is 6.04. The van der Waals surface area contributed by atoms with Crippen LogP contribution in [0.2, 0.25) is 0 Å². The fraction of sp³-hybridized carbons (Fsp3) is 0.0455. The van der Waals surface area contributed by atoms with Crippen LogP contribution in [0.15, 0.2) is 78.9 Å². The van der Waals surface area contributed by atoms with Gasteiger partial charge in [0.2, 0.25) is 0 Å². The molecule has 1 heterocycles. The van der Waals surface area contributed by atoms with Gasteiger partial charge in [-0.15, -0.1) is 10.2 Å². The molecule has 1 aromatic heterocycles. The second-order valence-electron chi connectivity index (χ2n) is 5.88. The van der Waals surface area contributed by atoms with E-state index in [-0.39, 0.29) is 5.97 Å². The zero-order chi connectivity index (χ0) is 17.9. The monoisotopic (exact) mass is 340 g/mol. The summed E-state index contributed by atoms with van der Waals surface area (Å²) in [6.45, 7) is 0. The summed E-state index contributed by atoms with van der Waals surface area (Å²) < 4.78 is 4.87. The minimum absolute atomic E-state index is 0.371. The van der Waals surface area contributed by atoms with Crippen molar-refractivity contribution < 1.29 is 9.53 Å². The van der Waals surface area contributed by atoms with E-state index in [0.29, 0.717) is 5.56 Å². The third-order valence-corrected chi connectivity index (χ3v) is 4.29. The zero-order valence-corrected chi connectivity index (χ0v) is 14.2. The van der Waals surface area contributed by atoms with E-state index >= 15 is 0 Å². The van der Waals surface area contributed by atoms with Crippen LogP contribution in [0, 0.1) is 0 Å². The minimum atomic E-state index is -0.371. The van der Waals surface area contributed by atoms with Gasteiger partial charge in [-0.1, -0.05) is 60.7 Å². The molecule has 0 spiro atoms. The normalized spacial score (nSPS) is 10.7. The van der Waals surface area contributed by atoms with Gasteiger partial charge in [0.25, 0.3) is 0 Å². The van der Waals surface area contributed by atoms with E-state index in [1.807, 2.05) is 66.7 Å². The Hall–Kier alpha value is -3.53. The van der Waals surface area contributed by atoms with E-state index in [0.717, 1.165) is 33.3 Å². The van der Waals surface area contributed by atoms with Crippen LogP contribution in [0.5, 0.6) is 0 Å². The molecule has 0 bridgehead atoms. The Balaban J connectivity index is 2.07. The second-order valence-corrected chi connectivity index (χ2v) is 5.88. The summed E-state index contributed by atoms with van der Waals surface area (Å²) in [5, 5.41) is 9.72. The molecule has 0 radical (unpaired) electrons. The van der Waals surface area contributed by atoms with E-state index in [1.165, 1.54) is 7.11 Å². The van der Waals surface area contributed by atoms with Crippen molar-refractivity contribution >= 4 is 16.9 Å². The van der Waals surface area contributed by atoms with Crippen molar-refractivity contribution in [3.8, 4) is 22.4 Å². The number of hydrogen-bond acceptors (Lipinski definition) is 4. The highest BCUT2D eigenvalue weighted by atomic mass is 16.5. The Morgan fingerprint density at radius 2 is 1.46 bits per heavy atom. The molecule has 0 saturated carbocycles. The van der Waals surface area contributed by atoms with E-state index in [1.54, 1.807) is 12.1 Å². The van der Waals surface area contributed by atoms with Gasteiger partial charge >= 0.3 is 5.97 Å². The Labute approximate surface area is 151 Å². The smallest absolute Gasteiger partial charge is 0.337 e. The Morgan fingerprint density at radius 1 is 0.808 bits per heavy atom. The SMILES string of the molecule is COC(=O)c1ccc2nnc(-c3ccccc3)c(-c3ccccc3)c2c1. The molecule has 0 fully saturated rings. The molecule has 0 aliphatic heterocycles. The van der Waals surface area contributed by atoms with Gasteiger partial charge in [-0.3, -0.25) is 0 Å². The summed E-state index contributed by atoms with van der Waals surface area (Å²) in [5.74, 6) is -0.371. The number of hydrogen-bond donors (Lipinski definition) is 0. The molecular formula is C22H16N2O2. The molecule has 0 aliphatic rings. The highest BCUT2D eigenvalue weighted by Crippen LogP contribution is 2.35. The first-order valence-electron chi connectivity index (χ1n) is 8.27. The van der Waals surface area contributed by atoms with Gasteiger partial charge in [0.15, 0.2) is 0 Å². The topological polar surface area (TPSA) is 52.1 Å². The van der Waals surface area contributed by atoms with Crippen molar-refractivity contribution in [1.29, 1.82) is 0 Å². The lowest BCUT2D eigenvalue weighted by atomic mass is 9.95. The lowest BCUT2D eigenvalue weighted by Crippen LogP contribution is -2.02. The first-order chi connectivity index (χ1) is 12.8. The predicted octanol–water partition coefficient (Wildman–Crippen LogP) is 4.75. The molecule has 26 heavy (non-hydrogen) atoms. The molecule has 4 aromatic rings. The van der Waals surface area contributed by atoms with Crippen molar-refractivity contribution in [2.45, 2.75) is 0 Å². The van der Waals surface area contributed by atoms with Crippen LogP contribution in [0.3, 0.4) is 0 Å². The van der Waals surface area contributed by atoms with Crippen molar-refractivity contribution in [3.63, 3.8) is 0 Å². The van der Waals surface area contributed by atoms with Crippen LogP contribution in [0.1, 0.15) is 10.4 Å². The maximum atomic E-state index is 12.0. The average molecular weight is 340 g/mol. The minimum Gasteiger partial charge on any atom is -0.465 e. The fourth-order valence-electron chi connectivity index (χ4n) is 3.04. The number of rotatable bonds is 3. The van der Waals surface area contributed by atoms with Gasteiger partial charge in [0.05, 0.1) is 18.2 Å². The van der Waals surface area contributed by atoms with Crippen LogP contribution < -0.4 is 0 Å². The number of methoxy groups -OCH3 is 1. The molecule has 126 valence electrons. The number of carbonyl (C=O) groups excluding carboxylic acids is 1. The van der Waals surface area contributed by atoms with Crippen molar-refractivity contribution in [3.05, 3.63) is 84.4 Å². The summed E-state index contributed by atoms with van der Waals surface area (Å²) in [7, 11) is 1.38. The first kappa shape index (κ1) is 16.0. The number of carbonyl (C=O) groups is 1. The van der Waals surface area contributed by atoms with Gasteiger partial charge in [-0.05, 0) is 23.8 Å². The third kappa shape index (κ3) is 2.82. The molecule has 0 unspecified atom stereocenters. The summed E-state index contributed by atoms with van der Waals surface area (Å²) in [4.78, 5) is 12.0. The zero-order valence-electron chi connectivity index (χ0n) is 14.2. The number of nitrogens with zero attached hydrogens (tertiary/aromatic N) is 2. The molecule has 0 saturated heterocycles. The molecule has 0 atom stereocenters. The van der Waals surface area contributed by atoms with Crippen molar-refractivity contribution in [1.82, 2.24) is 10.2 Å². The number of esters is 1. The van der Waals surface area contributed by atoms with Crippen LogP contribution in [-0.2, 0) is 4.74 Å². The summed E-state index contributed by atoms with van der Waals surface area (Å²) in [6.07, 6.45) is 0. The standard InChI is InChI=1S/C22H16N2O2/c1-26-22(25)17-12-13-19-18(14-17)20(15-8-4-2-5-9-15)21(24-23-19)16-10-6-3-7-11-16/h2-14H,1H3. The predicted molar refractivity (Wildman–Crippen MR) is 102 cm³/mol. The molecular weight excluding hydrogens is 324 g/mol. The van der Waals surface area contributed by atoms with Gasteiger partial charge in [0, 0.05) is 16.5 Å². The lowest BCUT2D eigenvalue weighted by Gasteiger charge is -2.13. The number of aromatic nitrogens is 2. The van der Waals surface area contributed by atoms with Gasteiger partial charge in [0.1, 0.15) is 5.69 Å². The molecule has 4 rings (SSSR count). The highest BCUT2D eigenvalue weighted by Gasteiger charge is 2.16. The first-order valence-corrected chi connectivity index (χ1v) is 8.27. The van der Waals surface area contributed by atoms with Gasteiger partial charge in [-0.25, -0.2) is 4.79 Å². The summed E-state index contributed by atoms with van der Waals surface area (Å²) in [5.41, 5.74) is 4.96. The van der Waals surface area contributed by atoms with Crippen LogP contribution in [0.4, 0.5) is 0 Å². The summed E-state index contributed by atoms with van der Waals surface area (Å²) >= 11 is 0. The molecule has 3 aromatic carbocycles. The van der Waals surface area contributed by atoms with Crippen molar-refractivity contribution in [2.24, 2.45) is 0 Å². The molecule has 4 heteroatoms. The van der Waals surface area contributed by atoms with E-state index in [4.69, 9.17) is 4.74 Å². The number of ether oxygens (including phenoxy) is 1. The summed E-state index contributed by atoms with van der Waals surface area (Å²) in [6, 6.07) is 25.3. The molecule has 4 nitrogen and oxygen atoms in total. The van der Waals surface area contributed by atoms with Crippen LogP contribution in [0.25, 0.3) is 33.3 Å². The lowest BCUT2D eigenvalue weighted by molar-refractivity contribution is 0.0601. The van der Waals surface area contributed by atoms with E-state index in [9.17, 15) is 4.79 Å². The second kappa shape index (κ2) is 6.76. The van der Waals surface area contributed by atoms with Crippen LogP contribution in [-0.4, -0.2) is 23.3 Å². The van der Waals surface area contributed by atoms with Crippen LogP contribution >= 0.6 is 0 Å². The maximum absolute atomic E-state index is 12.0. The number of fused-ring (bicyclic) bond motifs is 1. The molecule has 0 N–H and O–H groups in total. The Kier molecular flexibility index (Phi) is 4.15. The van der Waals surface area contributed by atoms with Gasteiger partial charge in [-0.2, -0.15) is 0 Å². The van der Waals surface area contributed by atoms with E-state index < -0.39 is 0 Å². The fourth-order valence-corrected chi connectivity index (χ4v) is 3.04. The molecule has 0 aliphatic carbocycles. The quantitative estimate of drug-likeness (QED) is 0.505. The Bertz CT molecular complexity index is 1080. The maximum Gasteiger partial charge on any atom is 0.337 e. The third-order valence-electron chi connectivity index (χ3n) is 4.29. The molecule has 0 amide bonds. The largest absolute Gasteiger partial charge is 0.465 e. The average Bonchev–Trinajstić information content (AvgIpc) is 2.73. The Morgan fingerprint density at radius 3 is 2.12 bits per heavy atom. The van der Waals surface area contributed by atoms with Crippen molar-refractivity contribution in [2.75, 3.05) is 7.11 Å². The van der Waals surface area contributed by atoms with E-state index in [2.05, 4.69) is 10.2 Å². The number of benzene rings is 3.